The van der Waals surface area contributed by atoms with Crippen LogP contribution in [0.4, 0.5) is 0 Å². The molecule has 3 aliphatic rings. The molecule has 74 valence electrons. The summed E-state index contributed by atoms with van der Waals surface area (Å²) in [7, 11) is 0. The van der Waals surface area contributed by atoms with Gasteiger partial charge in [-0.3, -0.25) is 0 Å². The molecule has 3 fully saturated rings. The molecule has 13 heavy (non-hydrogen) atoms. The summed E-state index contributed by atoms with van der Waals surface area (Å²) in [5.41, 5.74) is 0. The minimum atomic E-state index is 0.903. The monoisotopic (exact) mass is 179 g/mol. The van der Waals surface area contributed by atoms with Gasteiger partial charge in [-0.2, -0.15) is 0 Å². The maximum Gasteiger partial charge on any atom is 0.00672 e. The van der Waals surface area contributed by atoms with Crippen molar-refractivity contribution in [3.63, 3.8) is 0 Å². The summed E-state index contributed by atoms with van der Waals surface area (Å²) >= 11 is 0. The first-order valence-corrected chi connectivity index (χ1v) is 6.17. The smallest absolute Gasteiger partial charge is 0.00672 e. The van der Waals surface area contributed by atoms with Gasteiger partial charge in [0.15, 0.2) is 0 Å². The number of nitrogens with one attached hydrogen (secondary N) is 1. The SMILES string of the molecule is C1CC(NCC(C2CC2)C2CC2)C1. The third kappa shape index (κ3) is 1.90. The van der Waals surface area contributed by atoms with Gasteiger partial charge in [-0.1, -0.05) is 6.42 Å². The molecule has 0 atom stereocenters. The van der Waals surface area contributed by atoms with Gasteiger partial charge in [-0.05, 0) is 62.8 Å². The molecule has 0 radical (unpaired) electrons. The Kier molecular flexibility index (Phi) is 2.08. The minimum Gasteiger partial charge on any atom is -0.314 e. The third-order valence-corrected chi connectivity index (χ3v) is 4.20. The van der Waals surface area contributed by atoms with Crippen molar-refractivity contribution in [3.8, 4) is 0 Å². The maximum absolute atomic E-state index is 3.76. The molecule has 0 aromatic carbocycles. The lowest BCUT2D eigenvalue weighted by molar-refractivity contribution is 0.290. The first-order chi connectivity index (χ1) is 6.43. The molecule has 3 aliphatic carbocycles. The molecule has 0 aliphatic heterocycles. The summed E-state index contributed by atoms with van der Waals surface area (Å²) in [6.07, 6.45) is 10.5. The van der Waals surface area contributed by atoms with Crippen LogP contribution in [0.3, 0.4) is 0 Å². The van der Waals surface area contributed by atoms with Crippen molar-refractivity contribution in [3.05, 3.63) is 0 Å². The second-order valence-electron chi connectivity index (χ2n) is 5.37. The Bertz CT molecular complexity index is 166. The third-order valence-electron chi connectivity index (χ3n) is 4.20. The van der Waals surface area contributed by atoms with E-state index in [9.17, 15) is 0 Å². The van der Waals surface area contributed by atoms with Crippen LogP contribution in [0.25, 0.3) is 0 Å². The van der Waals surface area contributed by atoms with E-state index in [1.54, 1.807) is 0 Å². The summed E-state index contributed by atoms with van der Waals surface area (Å²) < 4.78 is 0. The van der Waals surface area contributed by atoms with Gasteiger partial charge in [-0.25, -0.2) is 0 Å². The predicted octanol–water partition coefficient (Wildman–Crippen LogP) is 2.56. The van der Waals surface area contributed by atoms with Crippen LogP contribution in [0.2, 0.25) is 0 Å². The van der Waals surface area contributed by atoms with Crippen molar-refractivity contribution in [2.45, 2.75) is 51.0 Å². The molecule has 0 aromatic heterocycles. The second kappa shape index (κ2) is 3.27. The van der Waals surface area contributed by atoms with Gasteiger partial charge in [0.05, 0.1) is 0 Å². The second-order valence-corrected chi connectivity index (χ2v) is 5.37. The zero-order valence-electron chi connectivity index (χ0n) is 8.47. The van der Waals surface area contributed by atoms with Gasteiger partial charge in [0.25, 0.3) is 0 Å². The van der Waals surface area contributed by atoms with E-state index in [0.29, 0.717) is 0 Å². The summed E-state index contributed by atoms with van der Waals surface area (Å²) in [5.74, 6) is 3.32. The molecule has 0 aromatic rings. The van der Waals surface area contributed by atoms with Crippen molar-refractivity contribution in [1.82, 2.24) is 5.32 Å². The van der Waals surface area contributed by atoms with Gasteiger partial charge in [0.2, 0.25) is 0 Å². The Morgan fingerprint density at radius 2 is 1.54 bits per heavy atom. The highest BCUT2D eigenvalue weighted by molar-refractivity contribution is 4.93. The highest BCUT2D eigenvalue weighted by Gasteiger charge is 2.41. The first-order valence-electron chi connectivity index (χ1n) is 6.17. The fourth-order valence-corrected chi connectivity index (χ4v) is 2.68. The highest BCUT2D eigenvalue weighted by Crippen LogP contribution is 2.48. The van der Waals surface area contributed by atoms with Gasteiger partial charge in [0, 0.05) is 6.04 Å². The molecule has 1 heteroatoms. The van der Waals surface area contributed by atoms with Crippen LogP contribution in [0.5, 0.6) is 0 Å². The lowest BCUT2D eigenvalue weighted by Gasteiger charge is -2.29. The Labute approximate surface area is 81.3 Å². The molecule has 3 rings (SSSR count). The maximum atomic E-state index is 3.76. The van der Waals surface area contributed by atoms with Crippen LogP contribution < -0.4 is 5.32 Å². The summed E-state index contributed by atoms with van der Waals surface area (Å²) in [6, 6.07) is 0.903. The van der Waals surface area contributed by atoms with Gasteiger partial charge in [0.1, 0.15) is 0 Å². The van der Waals surface area contributed by atoms with E-state index < -0.39 is 0 Å². The van der Waals surface area contributed by atoms with Crippen LogP contribution in [0.15, 0.2) is 0 Å². The molecule has 1 nitrogen and oxygen atoms in total. The van der Waals surface area contributed by atoms with Crippen LogP contribution >= 0.6 is 0 Å². The van der Waals surface area contributed by atoms with Crippen LogP contribution in [-0.4, -0.2) is 12.6 Å². The van der Waals surface area contributed by atoms with Crippen molar-refractivity contribution in [1.29, 1.82) is 0 Å². The van der Waals surface area contributed by atoms with E-state index in [4.69, 9.17) is 0 Å². The quantitative estimate of drug-likeness (QED) is 0.684. The Hall–Kier alpha value is -0.0400. The molecule has 1 N–H and O–H groups in total. The fourth-order valence-electron chi connectivity index (χ4n) is 2.68. The fraction of sp³-hybridized carbons (Fsp3) is 1.00. The van der Waals surface area contributed by atoms with E-state index in [0.717, 1.165) is 23.8 Å². The molecule has 0 spiro atoms. The average Bonchev–Trinajstić information content (AvgIpc) is 2.84. The molecule has 0 bridgehead atoms. The number of hydrogen-bond donors (Lipinski definition) is 1. The topological polar surface area (TPSA) is 12.0 Å². The highest BCUT2D eigenvalue weighted by atomic mass is 14.9. The van der Waals surface area contributed by atoms with E-state index in [1.807, 2.05) is 0 Å². The summed E-state index contributed by atoms with van der Waals surface area (Å²) in [6.45, 7) is 1.35. The Morgan fingerprint density at radius 1 is 0.923 bits per heavy atom. The predicted molar refractivity (Wildman–Crippen MR) is 54.6 cm³/mol. The van der Waals surface area contributed by atoms with E-state index in [-0.39, 0.29) is 0 Å². The average molecular weight is 179 g/mol. The minimum absolute atomic E-state index is 0.903. The first kappa shape index (κ1) is 8.28. The summed E-state index contributed by atoms with van der Waals surface area (Å²) in [5, 5.41) is 3.76. The van der Waals surface area contributed by atoms with Gasteiger partial charge in [-0.15, -0.1) is 0 Å². The molecule has 0 amide bonds. The van der Waals surface area contributed by atoms with Crippen molar-refractivity contribution in [2.75, 3.05) is 6.54 Å². The Morgan fingerprint density at radius 3 is 1.92 bits per heavy atom. The number of hydrogen-bond acceptors (Lipinski definition) is 1. The molecule has 0 unspecified atom stereocenters. The van der Waals surface area contributed by atoms with E-state index >= 15 is 0 Å². The largest absolute Gasteiger partial charge is 0.314 e. The Balaban J connectivity index is 1.44. The lowest BCUT2D eigenvalue weighted by Crippen LogP contribution is -2.39. The van der Waals surface area contributed by atoms with Crippen LogP contribution in [0.1, 0.15) is 44.9 Å². The van der Waals surface area contributed by atoms with Crippen molar-refractivity contribution >= 4 is 0 Å². The standard InChI is InChI=1S/C12H21N/c1-2-11(3-1)13-8-12(9-4-5-9)10-6-7-10/h9-13H,1-8H2. The molecular formula is C12H21N. The zero-order valence-corrected chi connectivity index (χ0v) is 8.47. The normalized spacial score (nSPS) is 29.3. The molecular weight excluding hydrogens is 158 g/mol. The zero-order chi connectivity index (χ0) is 8.67. The lowest BCUT2D eigenvalue weighted by atomic mass is 9.91. The number of rotatable bonds is 5. The van der Waals surface area contributed by atoms with Crippen molar-refractivity contribution < 1.29 is 0 Å². The van der Waals surface area contributed by atoms with Gasteiger partial charge >= 0.3 is 0 Å². The van der Waals surface area contributed by atoms with Crippen LogP contribution in [0, 0.1) is 17.8 Å². The van der Waals surface area contributed by atoms with E-state index in [1.165, 1.54) is 51.5 Å². The van der Waals surface area contributed by atoms with Crippen LogP contribution in [-0.2, 0) is 0 Å². The van der Waals surface area contributed by atoms with Gasteiger partial charge < -0.3 is 5.32 Å². The van der Waals surface area contributed by atoms with E-state index in [2.05, 4.69) is 5.32 Å². The molecule has 0 heterocycles. The van der Waals surface area contributed by atoms with Crippen molar-refractivity contribution in [2.24, 2.45) is 17.8 Å². The molecule has 0 saturated heterocycles. The molecule has 3 saturated carbocycles. The summed E-state index contributed by atoms with van der Waals surface area (Å²) in [4.78, 5) is 0.